The average Bonchev–Trinajstić information content (AvgIpc) is 4.00. The number of nitrogens with zero attached hydrogens (tertiary/aromatic N) is 4. The molecule has 0 aliphatic carbocycles. The van der Waals surface area contributed by atoms with Crippen molar-refractivity contribution in [2.24, 2.45) is 0 Å². The van der Waals surface area contributed by atoms with Crippen LogP contribution in [0.2, 0.25) is 0 Å². The standard InChI is InChI=1S/C66H40B2N4O2.B/c1-3-19-41(20-4-1)69-57-33-17-11-27-49(57)67-51-39-52-62(40-61(51)73-63-37-43(35-59(69)65(63)67)71-53-29-13-7-23-45(53)46-24-8-14-30-54(46)71)74-64-38-44(72-55-31-15-9-25-47(55)48-26-10-16-32-56(48)72)36-60-66(64)68(52)50-28-12-18-34-58(50)70(60)42-21-5-2-6-22-42;/h1-40H;. The Kier molecular flexibility index (Phi) is 8.79. The van der Waals surface area contributed by atoms with Gasteiger partial charge in [0.15, 0.2) is 0 Å². The van der Waals surface area contributed by atoms with Gasteiger partial charge in [-0.05, 0) is 106 Å². The van der Waals surface area contributed by atoms with Gasteiger partial charge in [0.25, 0.3) is 13.4 Å². The van der Waals surface area contributed by atoms with Crippen LogP contribution in [0.5, 0.6) is 23.0 Å². The molecular weight excluding hydrogens is 913 g/mol. The van der Waals surface area contributed by atoms with Crippen molar-refractivity contribution < 1.29 is 9.47 Å². The van der Waals surface area contributed by atoms with Crippen molar-refractivity contribution in [3.63, 3.8) is 0 Å². The van der Waals surface area contributed by atoms with E-state index in [9.17, 15) is 0 Å². The first-order valence-electron chi connectivity index (χ1n) is 25.5. The summed E-state index contributed by atoms with van der Waals surface area (Å²) < 4.78 is 19.7. The Morgan fingerprint density at radius 1 is 0.267 bits per heavy atom. The van der Waals surface area contributed by atoms with Gasteiger partial charge in [0.1, 0.15) is 23.0 Å². The van der Waals surface area contributed by atoms with Gasteiger partial charge >= 0.3 is 0 Å². The van der Waals surface area contributed by atoms with Gasteiger partial charge in [-0.3, -0.25) is 0 Å². The lowest BCUT2D eigenvalue weighted by Gasteiger charge is -2.42. The minimum Gasteiger partial charge on any atom is -0.458 e. The zero-order chi connectivity index (χ0) is 48.2. The molecule has 4 aliphatic rings. The summed E-state index contributed by atoms with van der Waals surface area (Å²) in [6.07, 6.45) is 0. The molecule has 0 fully saturated rings. The number of anilines is 6. The maximum absolute atomic E-state index is 7.44. The first-order valence-corrected chi connectivity index (χ1v) is 25.5. The van der Waals surface area contributed by atoms with Crippen LogP contribution in [0.1, 0.15) is 0 Å². The number of para-hydroxylation sites is 8. The van der Waals surface area contributed by atoms with Crippen molar-refractivity contribution in [2.45, 2.75) is 0 Å². The maximum atomic E-state index is 7.44. The molecule has 6 heterocycles. The fourth-order valence-electron chi connectivity index (χ4n) is 13.2. The molecule has 345 valence electrons. The number of hydrogen-bond donors (Lipinski definition) is 0. The van der Waals surface area contributed by atoms with Crippen LogP contribution in [-0.2, 0) is 0 Å². The molecule has 2 aromatic heterocycles. The van der Waals surface area contributed by atoms with E-state index in [1.807, 2.05) is 0 Å². The highest BCUT2D eigenvalue weighted by atomic mass is 16.5. The van der Waals surface area contributed by atoms with Gasteiger partial charge in [-0.15, -0.1) is 0 Å². The van der Waals surface area contributed by atoms with Gasteiger partial charge in [-0.25, -0.2) is 0 Å². The molecule has 11 aromatic carbocycles. The number of benzene rings is 11. The molecule has 6 nitrogen and oxygen atoms in total. The molecule has 3 radical (unpaired) electrons. The largest absolute Gasteiger partial charge is 0.458 e. The summed E-state index contributed by atoms with van der Waals surface area (Å²) >= 11 is 0. The van der Waals surface area contributed by atoms with Gasteiger partial charge in [0, 0.05) is 82.3 Å². The quantitative estimate of drug-likeness (QED) is 0.165. The van der Waals surface area contributed by atoms with E-state index >= 15 is 0 Å². The summed E-state index contributed by atoms with van der Waals surface area (Å²) in [5, 5.41) is 4.87. The molecule has 0 atom stereocenters. The molecular formula is C66H40B3N4O2. The Balaban J connectivity index is 0.00000476. The highest BCUT2D eigenvalue weighted by molar-refractivity contribution is 7.02. The molecule has 0 bridgehead atoms. The molecule has 0 saturated heterocycles. The lowest BCUT2D eigenvalue weighted by Crippen LogP contribution is -2.63. The fourth-order valence-corrected chi connectivity index (χ4v) is 13.2. The Morgan fingerprint density at radius 2 is 0.613 bits per heavy atom. The minimum absolute atomic E-state index is 0. The smallest absolute Gasteiger partial charge is 0.256 e. The van der Waals surface area contributed by atoms with E-state index in [1.54, 1.807) is 0 Å². The number of ether oxygens (including phenoxy) is 2. The fraction of sp³-hybridized carbons (Fsp3) is 0. The maximum Gasteiger partial charge on any atom is 0.256 e. The summed E-state index contributed by atoms with van der Waals surface area (Å²) in [6.45, 7) is -0.258. The first-order chi connectivity index (χ1) is 36.7. The normalized spacial score (nSPS) is 13.3. The van der Waals surface area contributed by atoms with Crippen molar-refractivity contribution in [1.29, 1.82) is 0 Å². The number of hydrogen-bond acceptors (Lipinski definition) is 4. The molecule has 9 heteroatoms. The van der Waals surface area contributed by atoms with Gasteiger partial charge < -0.3 is 28.4 Å². The summed E-state index contributed by atoms with van der Waals surface area (Å²) in [6, 6.07) is 88.2. The highest BCUT2D eigenvalue weighted by Crippen LogP contribution is 2.47. The molecule has 0 unspecified atom stereocenters. The van der Waals surface area contributed by atoms with Crippen LogP contribution in [0, 0.1) is 0 Å². The second kappa shape index (κ2) is 15.7. The van der Waals surface area contributed by atoms with Crippen molar-refractivity contribution in [1.82, 2.24) is 9.13 Å². The minimum atomic E-state index is -0.129. The van der Waals surface area contributed by atoms with Gasteiger partial charge in [-0.2, -0.15) is 0 Å². The second-order valence-corrected chi connectivity index (χ2v) is 20.0. The van der Waals surface area contributed by atoms with E-state index < -0.39 is 0 Å². The van der Waals surface area contributed by atoms with E-state index in [2.05, 4.69) is 262 Å². The van der Waals surface area contributed by atoms with E-state index in [1.165, 1.54) is 32.5 Å². The van der Waals surface area contributed by atoms with Crippen LogP contribution in [0.3, 0.4) is 0 Å². The Hall–Kier alpha value is -9.59. The number of aromatic nitrogens is 2. The molecule has 13 aromatic rings. The predicted octanol–water partition coefficient (Wildman–Crippen LogP) is 12.3. The van der Waals surface area contributed by atoms with Crippen LogP contribution < -0.4 is 52.1 Å². The van der Waals surface area contributed by atoms with Crippen LogP contribution >= 0.6 is 0 Å². The lowest BCUT2D eigenvalue weighted by atomic mass is 9.31. The third kappa shape index (κ3) is 5.78. The third-order valence-corrected chi connectivity index (χ3v) is 16.2. The average molecular weight is 954 g/mol. The third-order valence-electron chi connectivity index (χ3n) is 16.2. The van der Waals surface area contributed by atoms with Crippen molar-refractivity contribution in [3.8, 4) is 34.4 Å². The zero-order valence-electron chi connectivity index (χ0n) is 40.4. The molecule has 0 amide bonds. The predicted molar refractivity (Wildman–Crippen MR) is 313 cm³/mol. The van der Waals surface area contributed by atoms with Crippen LogP contribution in [0.4, 0.5) is 34.1 Å². The van der Waals surface area contributed by atoms with Crippen molar-refractivity contribution in [3.05, 3.63) is 243 Å². The Bertz CT molecular complexity index is 4160. The van der Waals surface area contributed by atoms with Crippen LogP contribution in [0.25, 0.3) is 55.0 Å². The van der Waals surface area contributed by atoms with Crippen molar-refractivity contribution in [2.75, 3.05) is 9.80 Å². The number of fused-ring (bicyclic) bond motifs is 14. The van der Waals surface area contributed by atoms with E-state index in [0.717, 1.165) is 112 Å². The molecule has 17 rings (SSSR count). The van der Waals surface area contributed by atoms with Gasteiger partial charge in [0.2, 0.25) is 0 Å². The summed E-state index contributed by atoms with van der Waals surface area (Å²) in [5.41, 5.74) is 20.4. The molecule has 75 heavy (non-hydrogen) atoms. The van der Waals surface area contributed by atoms with Crippen LogP contribution in [-0.4, -0.2) is 31.0 Å². The molecule has 0 spiro atoms. The molecule has 4 aliphatic heterocycles. The van der Waals surface area contributed by atoms with Gasteiger partial charge in [0.05, 0.1) is 33.4 Å². The summed E-state index contributed by atoms with van der Waals surface area (Å²) in [5.74, 6) is 3.26. The highest BCUT2D eigenvalue weighted by Gasteiger charge is 2.47. The van der Waals surface area contributed by atoms with Gasteiger partial charge in [-0.1, -0.05) is 152 Å². The lowest BCUT2D eigenvalue weighted by molar-refractivity contribution is 0.465. The molecule has 0 saturated carbocycles. The summed E-state index contributed by atoms with van der Waals surface area (Å²) in [4.78, 5) is 4.87. The summed E-state index contributed by atoms with van der Waals surface area (Å²) in [7, 11) is 0. The monoisotopic (exact) mass is 953 g/mol. The number of rotatable bonds is 4. The van der Waals surface area contributed by atoms with Crippen LogP contribution in [0.15, 0.2) is 243 Å². The Labute approximate surface area is 435 Å². The first kappa shape index (κ1) is 42.0. The van der Waals surface area contributed by atoms with E-state index in [-0.39, 0.29) is 21.8 Å². The van der Waals surface area contributed by atoms with Crippen molar-refractivity contribution >= 4 is 132 Å². The van der Waals surface area contributed by atoms with E-state index in [0.29, 0.717) is 0 Å². The zero-order valence-corrected chi connectivity index (χ0v) is 40.4. The molecule has 0 N–H and O–H groups in total. The SMILES string of the molecule is [B].c1ccc(N2c3ccccc3B3c4cc5c(cc4Oc4cc(-n6c7ccccc7c7ccccc76)cc2c43)Oc2cc(-n3c4ccccc4c4ccccc43)cc3c2B5c2ccccc2N3c2ccccc2)cc1. The Morgan fingerprint density at radius 3 is 1.01 bits per heavy atom. The second-order valence-electron chi connectivity index (χ2n) is 20.0. The topological polar surface area (TPSA) is 34.8 Å². The van der Waals surface area contributed by atoms with E-state index in [4.69, 9.17) is 9.47 Å².